The summed E-state index contributed by atoms with van der Waals surface area (Å²) in [5.74, 6) is -0.477. The molecule has 0 saturated heterocycles. The van der Waals surface area contributed by atoms with Gasteiger partial charge in [0.25, 0.3) is 5.91 Å². The number of anilines is 2. The molecule has 110 valence electrons. The molecule has 0 aliphatic heterocycles. The summed E-state index contributed by atoms with van der Waals surface area (Å²) in [7, 11) is 1.84. The fourth-order valence-electron chi connectivity index (χ4n) is 2.32. The van der Waals surface area contributed by atoms with Crippen LogP contribution < -0.4 is 10.2 Å². The van der Waals surface area contributed by atoms with Crippen LogP contribution >= 0.6 is 0 Å². The molecule has 0 atom stereocenters. The molecular formula is C17H19FN2O. The Morgan fingerprint density at radius 2 is 2.00 bits per heavy atom. The predicted molar refractivity (Wildman–Crippen MR) is 84.5 cm³/mol. The Hall–Kier alpha value is -2.36. The largest absolute Gasteiger partial charge is 0.388 e. The van der Waals surface area contributed by atoms with Crippen molar-refractivity contribution in [2.75, 3.05) is 23.8 Å². The Kier molecular flexibility index (Phi) is 4.58. The monoisotopic (exact) mass is 286 g/mol. The molecular weight excluding hydrogens is 267 g/mol. The van der Waals surface area contributed by atoms with Gasteiger partial charge < -0.3 is 10.2 Å². The van der Waals surface area contributed by atoms with E-state index in [4.69, 9.17) is 0 Å². The molecule has 0 heterocycles. The van der Waals surface area contributed by atoms with Gasteiger partial charge in [-0.25, -0.2) is 4.39 Å². The number of carbonyl (C=O) groups excluding carboxylic acids is 1. The van der Waals surface area contributed by atoms with Crippen LogP contribution in [0, 0.1) is 12.7 Å². The van der Waals surface area contributed by atoms with E-state index in [2.05, 4.69) is 5.32 Å². The van der Waals surface area contributed by atoms with Gasteiger partial charge in [0.05, 0.1) is 0 Å². The summed E-state index contributed by atoms with van der Waals surface area (Å²) >= 11 is 0. The minimum Gasteiger partial charge on any atom is -0.388 e. The first-order valence-corrected chi connectivity index (χ1v) is 6.92. The number of nitrogens with one attached hydrogen (secondary N) is 1. The van der Waals surface area contributed by atoms with Gasteiger partial charge in [0, 0.05) is 30.5 Å². The van der Waals surface area contributed by atoms with Crippen molar-refractivity contribution in [3.05, 3.63) is 59.4 Å². The average molecular weight is 286 g/mol. The highest BCUT2D eigenvalue weighted by atomic mass is 19.1. The number of benzene rings is 2. The Bertz CT molecular complexity index is 655. The third-order valence-electron chi connectivity index (χ3n) is 3.42. The molecule has 1 N–H and O–H groups in total. The summed E-state index contributed by atoms with van der Waals surface area (Å²) in [4.78, 5) is 14.2. The van der Waals surface area contributed by atoms with E-state index in [0.29, 0.717) is 17.8 Å². The normalized spacial score (nSPS) is 10.3. The molecule has 3 nitrogen and oxygen atoms in total. The van der Waals surface area contributed by atoms with Crippen molar-refractivity contribution in [2.24, 2.45) is 0 Å². The lowest BCUT2D eigenvalue weighted by molar-refractivity contribution is 0.0988. The maximum Gasteiger partial charge on any atom is 0.258 e. The third kappa shape index (κ3) is 3.21. The van der Waals surface area contributed by atoms with Gasteiger partial charge >= 0.3 is 0 Å². The molecule has 0 aliphatic rings. The number of halogens is 1. The summed E-state index contributed by atoms with van der Waals surface area (Å²) < 4.78 is 13.3. The Morgan fingerprint density at radius 1 is 1.24 bits per heavy atom. The number of aryl methyl sites for hydroxylation is 1. The maximum atomic E-state index is 13.3. The van der Waals surface area contributed by atoms with Crippen LogP contribution in [0.5, 0.6) is 0 Å². The van der Waals surface area contributed by atoms with Crippen LogP contribution in [0.4, 0.5) is 15.8 Å². The van der Waals surface area contributed by atoms with E-state index in [1.807, 2.05) is 33.0 Å². The number of nitrogens with zero attached hydrogens (tertiary/aromatic N) is 1. The van der Waals surface area contributed by atoms with Gasteiger partial charge in [0.15, 0.2) is 0 Å². The van der Waals surface area contributed by atoms with Crippen LogP contribution in [0.15, 0.2) is 42.5 Å². The van der Waals surface area contributed by atoms with Crippen molar-refractivity contribution in [2.45, 2.75) is 13.8 Å². The summed E-state index contributed by atoms with van der Waals surface area (Å²) in [6, 6.07) is 11.6. The van der Waals surface area contributed by atoms with Gasteiger partial charge in [-0.05, 0) is 55.8 Å². The molecule has 4 heteroatoms. The molecule has 0 aliphatic carbocycles. The van der Waals surface area contributed by atoms with Crippen molar-refractivity contribution in [3.8, 4) is 0 Å². The molecule has 2 rings (SSSR count). The summed E-state index contributed by atoms with van der Waals surface area (Å²) in [6.45, 7) is 4.30. The van der Waals surface area contributed by atoms with Crippen LogP contribution in [0.3, 0.4) is 0 Å². The van der Waals surface area contributed by atoms with Crippen LogP contribution in [-0.2, 0) is 0 Å². The standard InChI is InChI=1S/C17H19FN2O/c1-4-20(15-7-5-6-14(18)11-15)17(21)13-8-9-16(19-3)12(2)10-13/h5-11,19H,4H2,1-3H3. The molecule has 0 bridgehead atoms. The minimum atomic E-state index is -0.347. The van der Waals surface area contributed by atoms with E-state index in [-0.39, 0.29) is 11.7 Å². The molecule has 1 amide bonds. The highest BCUT2D eigenvalue weighted by Crippen LogP contribution is 2.21. The zero-order valence-corrected chi connectivity index (χ0v) is 12.5. The minimum absolute atomic E-state index is 0.131. The fraction of sp³-hybridized carbons (Fsp3) is 0.235. The van der Waals surface area contributed by atoms with E-state index < -0.39 is 0 Å². The number of rotatable bonds is 4. The first-order valence-electron chi connectivity index (χ1n) is 6.92. The lowest BCUT2D eigenvalue weighted by atomic mass is 10.1. The van der Waals surface area contributed by atoms with E-state index >= 15 is 0 Å². The second-order valence-corrected chi connectivity index (χ2v) is 4.81. The molecule has 2 aromatic carbocycles. The quantitative estimate of drug-likeness (QED) is 0.926. The second kappa shape index (κ2) is 6.39. The smallest absolute Gasteiger partial charge is 0.258 e. The van der Waals surface area contributed by atoms with Gasteiger partial charge in [-0.15, -0.1) is 0 Å². The summed E-state index contributed by atoms with van der Waals surface area (Å²) in [5, 5.41) is 3.07. The van der Waals surface area contributed by atoms with Gasteiger partial charge in [-0.1, -0.05) is 6.07 Å². The van der Waals surface area contributed by atoms with Crippen molar-refractivity contribution >= 4 is 17.3 Å². The van der Waals surface area contributed by atoms with Crippen molar-refractivity contribution in [1.82, 2.24) is 0 Å². The van der Waals surface area contributed by atoms with E-state index in [1.54, 1.807) is 23.1 Å². The maximum absolute atomic E-state index is 13.3. The van der Waals surface area contributed by atoms with Crippen LogP contribution in [0.2, 0.25) is 0 Å². The molecule has 0 unspecified atom stereocenters. The predicted octanol–water partition coefficient (Wildman–Crippen LogP) is 3.84. The Balaban J connectivity index is 2.34. The zero-order chi connectivity index (χ0) is 15.4. The molecule has 2 aromatic rings. The van der Waals surface area contributed by atoms with Gasteiger partial charge in [-0.2, -0.15) is 0 Å². The van der Waals surface area contributed by atoms with E-state index in [1.165, 1.54) is 12.1 Å². The first kappa shape index (κ1) is 15.0. The molecule has 0 radical (unpaired) electrons. The van der Waals surface area contributed by atoms with E-state index in [9.17, 15) is 9.18 Å². The summed E-state index contributed by atoms with van der Waals surface area (Å²) in [5.41, 5.74) is 3.15. The van der Waals surface area contributed by atoms with Crippen molar-refractivity contribution in [1.29, 1.82) is 0 Å². The second-order valence-electron chi connectivity index (χ2n) is 4.81. The van der Waals surface area contributed by atoms with Crippen molar-refractivity contribution < 1.29 is 9.18 Å². The van der Waals surface area contributed by atoms with Gasteiger partial charge in [0.2, 0.25) is 0 Å². The average Bonchev–Trinajstić information content (AvgIpc) is 2.48. The molecule has 0 aromatic heterocycles. The zero-order valence-electron chi connectivity index (χ0n) is 12.5. The van der Waals surface area contributed by atoms with E-state index in [0.717, 1.165) is 11.3 Å². The Morgan fingerprint density at radius 3 is 2.57 bits per heavy atom. The van der Waals surface area contributed by atoms with Crippen LogP contribution in [-0.4, -0.2) is 19.5 Å². The SMILES string of the molecule is CCN(C(=O)c1ccc(NC)c(C)c1)c1cccc(F)c1. The lowest BCUT2D eigenvalue weighted by Crippen LogP contribution is -2.30. The van der Waals surface area contributed by atoms with Gasteiger partial charge in [-0.3, -0.25) is 4.79 Å². The topological polar surface area (TPSA) is 32.3 Å². The number of hydrogen-bond acceptors (Lipinski definition) is 2. The molecule has 21 heavy (non-hydrogen) atoms. The molecule has 0 fully saturated rings. The number of amides is 1. The molecule has 0 saturated carbocycles. The first-order chi connectivity index (χ1) is 10.1. The van der Waals surface area contributed by atoms with Gasteiger partial charge in [0.1, 0.15) is 5.82 Å². The Labute approximate surface area is 124 Å². The molecule has 0 spiro atoms. The highest BCUT2D eigenvalue weighted by Gasteiger charge is 2.17. The number of hydrogen-bond donors (Lipinski definition) is 1. The number of carbonyl (C=O) groups is 1. The van der Waals surface area contributed by atoms with Crippen molar-refractivity contribution in [3.63, 3.8) is 0 Å². The third-order valence-corrected chi connectivity index (χ3v) is 3.42. The van der Waals surface area contributed by atoms with Crippen LogP contribution in [0.25, 0.3) is 0 Å². The lowest BCUT2D eigenvalue weighted by Gasteiger charge is -2.21. The highest BCUT2D eigenvalue weighted by molar-refractivity contribution is 6.06. The van der Waals surface area contributed by atoms with Crippen LogP contribution in [0.1, 0.15) is 22.8 Å². The summed E-state index contributed by atoms with van der Waals surface area (Å²) in [6.07, 6.45) is 0. The fourth-order valence-corrected chi connectivity index (χ4v) is 2.32.